The average Bonchev–Trinajstić information content (AvgIpc) is 3.12. The van der Waals surface area contributed by atoms with E-state index in [4.69, 9.17) is 9.47 Å². The third-order valence-corrected chi connectivity index (χ3v) is 6.60. The van der Waals surface area contributed by atoms with Crippen LogP contribution in [0.15, 0.2) is 48.0 Å². The summed E-state index contributed by atoms with van der Waals surface area (Å²) in [6.45, 7) is 10.5. The Morgan fingerprint density at radius 3 is 2.43 bits per heavy atom. The number of amides is 1. The lowest BCUT2D eigenvalue weighted by atomic mass is 9.94. The van der Waals surface area contributed by atoms with Gasteiger partial charge in [-0.25, -0.2) is 0 Å². The van der Waals surface area contributed by atoms with E-state index in [0.29, 0.717) is 38.5 Å². The highest BCUT2D eigenvalue weighted by Gasteiger charge is 2.46. The Morgan fingerprint density at radius 1 is 1.06 bits per heavy atom. The maximum absolute atomic E-state index is 13.3. The summed E-state index contributed by atoms with van der Waals surface area (Å²) in [4.78, 5) is 30.3. The largest absolute Gasteiger partial charge is 0.507 e. The molecule has 0 saturated carbocycles. The smallest absolute Gasteiger partial charge is 0.295 e. The summed E-state index contributed by atoms with van der Waals surface area (Å²) in [7, 11) is 0. The Morgan fingerprint density at radius 2 is 1.77 bits per heavy atom. The average molecular weight is 479 g/mol. The van der Waals surface area contributed by atoms with E-state index in [2.05, 4.69) is 4.90 Å². The second-order valence-electron chi connectivity index (χ2n) is 9.19. The highest BCUT2D eigenvalue weighted by Crippen LogP contribution is 2.39. The van der Waals surface area contributed by atoms with Crippen molar-refractivity contribution < 1.29 is 24.2 Å². The van der Waals surface area contributed by atoms with Crippen LogP contribution in [0.1, 0.15) is 41.6 Å². The number of carbonyl (C=O) groups is 2. The predicted molar refractivity (Wildman–Crippen MR) is 134 cm³/mol. The van der Waals surface area contributed by atoms with Gasteiger partial charge in [-0.3, -0.25) is 14.5 Å². The van der Waals surface area contributed by atoms with E-state index in [1.54, 1.807) is 23.1 Å². The first kappa shape index (κ1) is 24.9. The van der Waals surface area contributed by atoms with Gasteiger partial charge in [0.2, 0.25) is 0 Å². The summed E-state index contributed by atoms with van der Waals surface area (Å²) < 4.78 is 11.2. The molecule has 2 aromatic rings. The second kappa shape index (κ2) is 11.1. The van der Waals surface area contributed by atoms with Crippen molar-refractivity contribution in [1.82, 2.24) is 9.80 Å². The molecule has 0 radical (unpaired) electrons. The van der Waals surface area contributed by atoms with E-state index in [0.717, 1.165) is 42.0 Å². The molecular formula is C28H34N2O5. The van der Waals surface area contributed by atoms with E-state index in [9.17, 15) is 14.7 Å². The summed E-state index contributed by atoms with van der Waals surface area (Å²) in [5.41, 5.74) is 3.36. The zero-order chi connectivity index (χ0) is 24.9. The van der Waals surface area contributed by atoms with Gasteiger partial charge in [-0.1, -0.05) is 36.8 Å². The van der Waals surface area contributed by atoms with Crippen molar-refractivity contribution in [1.29, 1.82) is 0 Å². The van der Waals surface area contributed by atoms with Crippen LogP contribution in [0.5, 0.6) is 5.75 Å². The van der Waals surface area contributed by atoms with Gasteiger partial charge in [0.05, 0.1) is 31.4 Å². The number of hydrogen-bond acceptors (Lipinski definition) is 6. The molecule has 2 aromatic carbocycles. The lowest BCUT2D eigenvalue weighted by molar-refractivity contribution is -0.140. The van der Waals surface area contributed by atoms with Gasteiger partial charge in [-0.05, 0) is 49.6 Å². The van der Waals surface area contributed by atoms with E-state index in [-0.39, 0.29) is 11.3 Å². The van der Waals surface area contributed by atoms with E-state index in [1.165, 1.54) is 0 Å². The van der Waals surface area contributed by atoms with Crippen LogP contribution in [0.3, 0.4) is 0 Å². The maximum atomic E-state index is 13.3. The minimum Gasteiger partial charge on any atom is -0.507 e. The van der Waals surface area contributed by atoms with Crippen LogP contribution in [-0.4, -0.2) is 72.6 Å². The quantitative estimate of drug-likeness (QED) is 0.353. The Balaban J connectivity index is 1.71. The van der Waals surface area contributed by atoms with Crippen LogP contribution in [0.4, 0.5) is 0 Å². The first-order valence-electron chi connectivity index (χ1n) is 12.3. The van der Waals surface area contributed by atoms with Crippen LogP contribution >= 0.6 is 0 Å². The molecule has 1 amide bonds. The molecule has 0 bridgehead atoms. The van der Waals surface area contributed by atoms with Crippen molar-refractivity contribution in [2.45, 2.75) is 33.2 Å². The molecule has 2 heterocycles. The molecule has 1 N–H and O–H groups in total. The molecule has 2 saturated heterocycles. The lowest BCUT2D eigenvalue weighted by Crippen LogP contribution is -2.42. The highest BCUT2D eigenvalue weighted by molar-refractivity contribution is 6.46. The van der Waals surface area contributed by atoms with Gasteiger partial charge in [0.25, 0.3) is 11.7 Å². The first-order valence-corrected chi connectivity index (χ1v) is 12.3. The van der Waals surface area contributed by atoms with Gasteiger partial charge in [-0.15, -0.1) is 0 Å². The second-order valence-corrected chi connectivity index (χ2v) is 9.19. The molecule has 0 spiro atoms. The fourth-order valence-electron chi connectivity index (χ4n) is 4.61. The number of ketones is 1. The molecule has 1 atom stereocenters. The SMILES string of the molecule is CCCOc1ccc(C(O)=C2C(=O)C(=O)N(CCN3CCOCC3)[C@@H]2c2ccc(C)cc2)cc1C. The van der Waals surface area contributed by atoms with Crippen molar-refractivity contribution in [3.63, 3.8) is 0 Å². The Hall–Kier alpha value is -3.16. The monoisotopic (exact) mass is 478 g/mol. The number of likely N-dealkylation sites (tertiary alicyclic amines) is 1. The van der Waals surface area contributed by atoms with Crippen molar-refractivity contribution in [2.24, 2.45) is 0 Å². The number of aryl methyl sites for hydroxylation is 2. The number of aliphatic hydroxyl groups is 1. The van der Waals surface area contributed by atoms with Crippen LogP contribution in [-0.2, 0) is 14.3 Å². The number of ether oxygens (including phenoxy) is 2. The molecular weight excluding hydrogens is 444 g/mol. The number of Topliss-reactive ketones (excluding diaryl/α,β-unsaturated/α-hetero) is 1. The van der Waals surface area contributed by atoms with E-state index < -0.39 is 17.7 Å². The van der Waals surface area contributed by atoms with Crippen molar-refractivity contribution in [3.8, 4) is 5.75 Å². The molecule has 2 aliphatic heterocycles. The van der Waals surface area contributed by atoms with Gasteiger partial charge in [-0.2, -0.15) is 0 Å². The molecule has 7 heteroatoms. The molecule has 0 aromatic heterocycles. The number of hydrogen-bond donors (Lipinski definition) is 1. The van der Waals surface area contributed by atoms with Crippen LogP contribution in [0.2, 0.25) is 0 Å². The molecule has 0 aliphatic carbocycles. The summed E-state index contributed by atoms with van der Waals surface area (Å²) >= 11 is 0. The normalized spacial score (nSPS) is 20.4. The van der Waals surface area contributed by atoms with Gasteiger partial charge < -0.3 is 19.5 Å². The van der Waals surface area contributed by atoms with E-state index >= 15 is 0 Å². The third-order valence-electron chi connectivity index (χ3n) is 6.60. The molecule has 2 aliphatic rings. The standard InChI is InChI=1S/C28H34N2O5/c1-4-15-35-23-10-9-22(18-20(23)3)26(31)24-25(21-7-5-19(2)6-8-21)30(28(33)27(24)32)12-11-29-13-16-34-17-14-29/h5-10,18,25,31H,4,11-17H2,1-3H3/t25-/m1/s1. The Labute approximate surface area is 206 Å². The summed E-state index contributed by atoms with van der Waals surface area (Å²) in [5.74, 6) is -0.651. The minimum absolute atomic E-state index is 0.127. The van der Waals surface area contributed by atoms with Crippen LogP contribution < -0.4 is 4.74 Å². The van der Waals surface area contributed by atoms with Crippen LogP contribution in [0.25, 0.3) is 5.76 Å². The third kappa shape index (κ3) is 5.41. The molecule has 2 fully saturated rings. The summed E-state index contributed by atoms with van der Waals surface area (Å²) in [6.07, 6.45) is 0.894. The summed E-state index contributed by atoms with van der Waals surface area (Å²) in [6, 6.07) is 12.5. The minimum atomic E-state index is -0.654. The molecule has 4 rings (SSSR count). The number of nitrogens with zero attached hydrogens (tertiary/aromatic N) is 2. The predicted octanol–water partition coefficient (Wildman–Crippen LogP) is 3.85. The number of morpholine rings is 1. The Bertz CT molecular complexity index is 1100. The molecule has 35 heavy (non-hydrogen) atoms. The molecule has 0 unspecified atom stereocenters. The Kier molecular flexibility index (Phi) is 7.88. The molecule has 7 nitrogen and oxygen atoms in total. The van der Waals surface area contributed by atoms with E-state index in [1.807, 2.05) is 45.0 Å². The van der Waals surface area contributed by atoms with Crippen molar-refractivity contribution >= 4 is 17.4 Å². The van der Waals surface area contributed by atoms with Gasteiger partial charge in [0, 0.05) is 31.7 Å². The number of benzene rings is 2. The fourth-order valence-corrected chi connectivity index (χ4v) is 4.61. The molecule has 186 valence electrons. The summed E-state index contributed by atoms with van der Waals surface area (Å²) in [5, 5.41) is 11.3. The number of rotatable bonds is 8. The van der Waals surface area contributed by atoms with Crippen LogP contribution in [0, 0.1) is 13.8 Å². The fraction of sp³-hybridized carbons (Fsp3) is 0.429. The zero-order valence-electron chi connectivity index (χ0n) is 20.8. The van der Waals surface area contributed by atoms with Crippen molar-refractivity contribution in [3.05, 3.63) is 70.3 Å². The number of carbonyl (C=O) groups excluding carboxylic acids is 2. The first-order chi connectivity index (χ1) is 16.9. The van der Waals surface area contributed by atoms with Gasteiger partial charge in [0.15, 0.2) is 0 Å². The maximum Gasteiger partial charge on any atom is 0.295 e. The zero-order valence-corrected chi connectivity index (χ0v) is 20.8. The van der Waals surface area contributed by atoms with Crippen molar-refractivity contribution in [2.75, 3.05) is 46.0 Å². The highest BCUT2D eigenvalue weighted by atomic mass is 16.5. The number of aliphatic hydroxyl groups excluding tert-OH is 1. The lowest BCUT2D eigenvalue weighted by Gasteiger charge is -2.31. The topological polar surface area (TPSA) is 79.3 Å². The van der Waals surface area contributed by atoms with Gasteiger partial charge >= 0.3 is 0 Å². The van der Waals surface area contributed by atoms with Gasteiger partial charge in [0.1, 0.15) is 11.5 Å².